The summed E-state index contributed by atoms with van der Waals surface area (Å²) in [7, 11) is 0. The number of benzene rings is 2. The maximum absolute atomic E-state index is 12.0. The Morgan fingerprint density at radius 3 is 2.32 bits per heavy atom. The minimum absolute atomic E-state index is 0.0321. The van der Waals surface area contributed by atoms with Crippen LogP contribution in [0, 0.1) is 0 Å². The average molecular weight is 324 g/mol. The zero-order valence-electron chi connectivity index (χ0n) is 11.3. The Hall–Kier alpha value is -2.40. The molecule has 114 valence electrons. The van der Waals surface area contributed by atoms with Crippen LogP contribution < -0.4 is 10.1 Å². The normalized spacial score (nSPS) is 10.9. The Kier molecular flexibility index (Phi) is 5.49. The van der Waals surface area contributed by atoms with Crippen LogP contribution in [0.15, 0.2) is 54.6 Å². The largest absolute Gasteiger partial charge is 0.435 e. The van der Waals surface area contributed by atoms with E-state index in [1.54, 1.807) is 30.3 Å². The highest BCUT2D eigenvalue weighted by atomic mass is 35.5. The van der Waals surface area contributed by atoms with Crippen LogP contribution in [0.1, 0.15) is 5.56 Å². The Balaban J connectivity index is 1.92. The second-order valence-corrected chi connectivity index (χ2v) is 4.71. The summed E-state index contributed by atoms with van der Waals surface area (Å²) in [5.41, 5.74) is 1.31. The molecule has 0 saturated carbocycles. The van der Waals surface area contributed by atoms with E-state index in [9.17, 15) is 13.6 Å². The fourth-order valence-corrected chi connectivity index (χ4v) is 1.78. The fourth-order valence-electron chi connectivity index (χ4n) is 1.65. The van der Waals surface area contributed by atoms with Gasteiger partial charge in [0.05, 0.1) is 0 Å². The summed E-state index contributed by atoms with van der Waals surface area (Å²) in [6.07, 6.45) is 3.01. The van der Waals surface area contributed by atoms with Crippen molar-refractivity contribution < 1.29 is 18.3 Å². The van der Waals surface area contributed by atoms with E-state index < -0.39 is 6.61 Å². The lowest BCUT2D eigenvalue weighted by atomic mass is 10.2. The van der Waals surface area contributed by atoms with Crippen LogP contribution in [0.2, 0.25) is 5.02 Å². The molecule has 0 fully saturated rings. The highest BCUT2D eigenvalue weighted by Crippen LogP contribution is 2.17. The van der Waals surface area contributed by atoms with Gasteiger partial charge in [-0.1, -0.05) is 23.7 Å². The van der Waals surface area contributed by atoms with Gasteiger partial charge in [-0.25, -0.2) is 0 Å². The van der Waals surface area contributed by atoms with Gasteiger partial charge in [-0.05, 0) is 48.0 Å². The molecule has 0 saturated heterocycles. The average Bonchev–Trinajstić information content (AvgIpc) is 2.48. The van der Waals surface area contributed by atoms with E-state index in [2.05, 4.69) is 10.1 Å². The van der Waals surface area contributed by atoms with Crippen molar-refractivity contribution in [2.45, 2.75) is 6.61 Å². The van der Waals surface area contributed by atoms with Crippen LogP contribution in [0.3, 0.4) is 0 Å². The minimum atomic E-state index is -2.87. The first-order valence-corrected chi connectivity index (χ1v) is 6.70. The molecule has 1 amide bonds. The summed E-state index contributed by atoms with van der Waals surface area (Å²) in [5, 5.41) is 3.23. The topological polar surface area (TPSA) is 38.3 Å². The number of nitrogens with one attached hydrogen (secondary N) is 1. The Morgan fingerprint density at radius 1 is 1.09 bits per heavy atom. The number of halogens is 3. The van der Waals surface area contributed by atoms with Crippen LogP contribution in [-0.2, 0) is 4.79 Å². The third kappa shape index (κ3) is 5.18. The minimum Gasteiger partial charge on any atom is -0.435 e. The maximum Gasteiger partial charge on any atom is 0.387 e. The van der Waals surface area contributed by atoms with Gasteiger partial charge in [0.15, 0.2) is 0 Å². The van der Waals surface area contributed by atoms with E-state index in [4.69, 9.17) is 11.6 Å². The monoisotopic (exact) mass is 323 g/mol. The van der Waals surface area contributed by atoms with Gasteiger partial charge in [-0.2, -0.15) is 8.78 Å². The first kappa shape index (κ1) is 16.0. The van der Waals surface area contributed by atoms with Crippen LogP contribution in [-0.4, -0.2) is 12.5 Å². The lowest BCUT2D eigenvalue weighted by Crippen LogP contribution is -2.08. The third-order valence-electron chi connectivity index (χ3n) is 2.64. The van der Waals surface area contributed by atoms with Crippen molar-refractivity contribution in [3.63, 3.8) is 0 Å². The van der Waals surface area contributed by atoms with Gasteiger partial charge in [0.1, 0.15) is 5.75 Å². The predicted octanol–water partition coefficient (Wildman–Crippen LogP) is 4.59. The molecular formula is C16H12ClF2NO2. The lowest BCUT2D eigenvalue weighted by Gasteiger charge is -2.06. The molecule has 22 heavy (non-hydrogen) atoms. The summed E-state index contributed by atoms with van der Waals surface area (Å²) in [4.78, 5) is 11.7. The molecule has 2 aromatic rings. The van der Waals surface area contributed by atoms with Crippen molar-refractivity contribution in [2.24, 2.45) is 0 Å². The molecule has 2 rings (SSSR count). The number of hydrogen-bond acceptors (Lipinski definition) is 2. The van der Waals surface area contributed by atoms with Gasteiger partial charge >= 0.3 is 6.61 Å². The van der Waals surface area contributed by atoms with E-state index in [1.807, 2.05) is 0 Å². The van der Waals surface area contributed by atoms with E-state index in [0.717, 1.165) is 5.56 Å². The molecule has 0 atom stereocenters. The summed E-state index contributed by atoms with van der Waals surface area (Å²) < 4.78 is 28.2. The summed E-state index contributed by atoms with van der Waals surface area (Å²) >= 11 is 5.77. The number of rotatable bonds is 5. The quantitative estimate of drug-likeness (QED) is 0.817. The number of hydrogen-bond donors (Lipinski definition) is 1. The number of anilines is 1. The van der Waals surface area contributed by atoms with Gasteiger partial charge in [0, 0.05) is 16.8 Å². The molecule has 1 N–H and O–H groups in total. The smallest absolute Gasteiger partial charge is 0.387 e. The van der Waals surface area contributed by atoms with Crippen molar-refractivity contribution >= 4 is 29.3 Å². The van der Waals surface area contributed by atoms with Crippen molar-refractivity contribution in [3.05, 3.63) is 65.2 Å². The molecule has 0 bridgehead atoms. The molecule has 0 aliphatic rings. The molecule has 3 nitrogen and oxygen atoms in total. The molecule has 0 aromatic heterocycles. The molecule has 0 radical (unpaired) electrons. The zero-order valence-corrected chi connectivity index (χ0v) is 12.1. The molecule has 0 heterocycles. The van der Waals surface area contributed by atoms with Crippen molar-refractivity contribution in [1.29, 1.82) is 0 Å². The van der Waals surface area contributed by atoms with Crippen LogP contribution >= 0.6 is 11.6 Å². The van der Waals surface area contributed by atoms with Crippen LogP contribution in [0.5, 0.6) is 5.75 Å². The summed E-state index contributed by atoms with van der Waals surface area (Å²) in [6, 6.07) is 12.7. The molecule has 0 aliphatic carbocycles. The Morgan fingerprint density at radius 2 is 1.73 bits per heavy atom. The second-order valence-electron chi connectivity index (χ2n) is 4.28. The van der Waals surface area contributed by atoms with Crippen molar-refractivity contribution in [2.75, 3.05) is 5.32 Å². The number of carbonyl (C=O) groups is 1. The standard InChI is InChI=1S/C16H12ClF2NO2/c17-12-4-1-11(2-5-12)3-10-15(21)20-13-6-8-14(9-7-13)22-16(18)19/h1-10,16H,(H,20,21)/b10-3+. The molecule has 6 heteroatoms. The first-order chi connectivity index (χ1) is 10.5. The Labute approximate surface area is 131 Å². The van der Waals surface area contributed by atoms with Gasteiger partial charge in [0.25, 0.3) is 0 Å². The molecule has 2 aromatic carbocycles. The molecule has 0 unspecified atom stereocenters. The van der Waals surface area contributed by atoms with E-state index >= 15 is 0 Å². The third-order valence-corrected chi connectivity index (χ3v) is 2.90. The zero-order chi connectivity index (χ0) is 15.9. The fraction of sp³-hybridized carbons (Fsp3) is 0.0625. The molecular weight excluding hydrogens is 312 g/mol. The number of ether oxygens (including phenoxy) is 1. The number of alkyl halides is 2. The van der Waals surface area contributed by atoms with Gasteiger partial charge in [0.2, 0.25) is 5.91 Å². The van der Waals surface area contributed by atoms with Gasteiger partial charge in [-0.15, -0.1) is 0 Å². The van der Waals surface area contributed by atoms with Crippen LogP contribution in [0.25, 0.3) is 6.08 Å². The van der Waals surface area contributed by atoms with Gasteiger partial charge < -0.3 is 10.1 Å². The number of carbonyl (C=O) groups excluding carboxylic acids is 1. The maximum atomic E-state index is 12.0. The SMILES string of the molecule is O=C(/C=C/c1ccc(Cl)cc1)Nc1ccc(OC(F)F)cc1. The predicted molar refractivity (Wildman–Crippen MR) is 82.2 cm³/mol. The highest BCUT2D eigenvalue weighted by molar-refractivity contribution is 6.30. The molecule has 0 spiro atoms. The second kappa shape index (κ2) is 7.56. The summed E-state index contributed by atoms with van der Waals surface area (Å²) in [6.45, 7) is -2.87. The van der Waals surface area contributed by atoms with Crippen LogP contribution in [0.4, 0.5) is 14.5 Å². The highest BCUT2D eigenvalue weighted by Gasteiger charge is 2.04. The summed E-state index contributed by atoms with van der Waals surface area (Å²) in [5.74, 6) is -0.304. The van der Waals surface area contributed by atoms with E-state index in [0.29, 0.717) is 10.7 Å². The Bertz CT molecular complexity index is 655. The van der Waals surface area contributed by atoms with Crippen molar-refractivity contribution in [3.8, 4) is 5.75 Å². The number of amides is 1. The molecule has 0 aliphatic heterocycles. The van der Waals surface area contributed by atoms with E-state index in [-0.39, 0.29) is 11.7 Å². The van der Waals surface area contributed by atoms with Gasteiger partial charge in [-0.3, -0.25) is 4.79 Å². The first-order valence-electron chi connectivity index (χ1n) is 6.32. The van der Waals surface area contributed by atoms with E-state index in [1.165, 1.54) is 30.3 Å². The lowest BCUT2D eigenvalue weighted by molar-refractivity contribution is -0.111. The van der Waals surface area contributed by atoms with Crippen molar-refractivity contribution in [1.82, 2.24) is 0 Å².